The summed E-state index contributed by atoms with van der Waals surface area (Å²) < 4.78 is 24.4. The van der Waals surface area contributed by atoms with Crippen LogP contribution < -0.4 is 5.32 Å². The van der Waals surface area contributed by atoms with Crippen LogP contribution in [0.3, 0.4) is 0 Å². The molecule has 0 bridgehead atoms. The lowest BCUT2D eigenvalue weighted by molar-refractivity contribution is -0.136. The van der Waals surface area contributed by atoms with E-state index < -0.39 is 34.1 Å². The lowest BCUT2D eigenvalue weighted by atomic mass is 10.5. The van der Waals surface area contributed by atoms with Gasteiger partial charge in [0.15, 0.2) is 0 Å². The SMILES string of the molecule is CCNC(=O)CN(CC)S(=O)(=O)CCC(=O)O. The second-order valence-electron chi connectivity index (χ2n) is 3.34. The third-order valence-corrected chi connectivity index (χ3v) is 3.91. The van der Waals surface area contributed by atoms with Crippen molar-refractivity contribution in [3.05, 3.63) is 0 Å². The molecule has 0 aliphatic heterocycles. The highest BCUT2D eigenvalue weighted by molar-refractivity contribution is 7.89. The number of hydrogen-bond acceptors (Lipinski definition) is 4. The van der Waals surface area contributed by atoms with Gasteiger partial charge in [-0.05, 0) is 6.92 Å². The number of carbonyl (C=O) groups excluding carboxylic acids is 1. The Bertz CT molecular complexity index is 366. The van der Waals surface area contributed by atoms with E-state index in [0.29, 0.717) is 6.54 Å². The number of likely N-dealkylation sites (N-methyl/N-ethyl adjacent to an activating group) is 2. The van der Waals surface area contributed by atoms with E-state index in [1.165, 1.54) is 0 Å². The van der Waals surface area contributed by atoms with Crippen LogP contribution >= 0.6 is 0 Å². The lowest BCUT2D eigenvalue weighted by Gasteiger charge is -2.19. The number of nitrogens with one attached hydrogen (secondary N) is 1. The van der Waals surface area contributed by atoms with Crippen molar-refractivity contribution in [2.45, 2.75) is 20.3 Å². The van der Waals surface area contributed by atoms with Crippen LogP contribution in [0.1, 0.15) is 20.3 Å². The molecular weight excluding hydrogens is 248 g/mol. The normalized spacial score (nSPS) is 11.5. The van der Waals surface area contributed by atoms with Crippen LogP contribution in [0.4, 0.5) is 0 Å². The van der Waals surface area contributed by atoms with E-state index >= 15 is 0 Å². The molecule has 0 heterocycles. The van der Waals surface area contributed by atoms with Gasteiger partial charge < -0.3 is 10.4 Å². The minimum Gasteiger partial charge on any atom is -0.481 e. The van der Waals surface area contributed by atoms with Crippen molar-refractivity contribution in [3.63, 3.8) is 0 Å². The molecule has 8 heteroatoms. The Morgan fingerprint density at radius 3 is 2.29 bits per heavy atom. The number of nitrogens with zero attached hydrogens (tertiary/aromatic N) is 1. The average Bonchev–Trinajstić information content (AvgIpc) is 2.23. The molecule has 100 valence electrons. The summed E-state index contributed by atoms with van der Waals surface area (Å²) in [7, 11) is -3.69. The summed E-state index contributed by atoms with van der Waals surface area (Å²) in [4.78, 5) is 21.6. The van der Waals surface area contributed by atoms with Crippen molar-refractivity contribution in [1.82, 2.24) is 9.62 Å². The minimum atomic E-state index is -3.69. The number of rotatable bonds is 8. The third kappa shape index (κ3) is 6.22. The molecule has 0 unspecified atom stereocenters. The summed E-state index contributed by atoms with van der Waals surface area (Å²) >= 11 is 0. The van der Waals surface area contributed by atoms with Crippen molar-refractivity contribution in [1.29, 1.82) is 0 Å². The Balaban J connectivity index is 4.52. The van der Waals surface area contributed by atoms with Crippen LogP contribution in [0.15, 0.2) is 0 Å². The fourth-order valence-electron chi connectivity index (χ4n) is 1.17. The van der Waals surface area contributed by atoms with Crippen LogP contribution in [-0.2, 0) is 19.6 Å². The smallest absolute Gasteiger partial charge is 0.304 e. The monoisotopic (exact) mass is 266 g/mol. The summed E-state index contributed by atoms with van der Waals surface area (Å²) in [5.41, 5.74) is 0. The maximum atomic E-state index is 11.7. The largest absolute Gasteiger partial charge is 0.481 e. The Morgan fingerprint density at radius 1 is 1.29 bits per heavy atom. The van der Waals surface area contributed by atoms with Gasteiger partial charge in [-0.1, -0.05) is 6.92 Å². The van der Waals surface area contributed by atoms with Gasteiger partial charge in [0.25, 0.3) is 0 Å². The standard InChI is InChI=1S/C9H18N2O5S/c1-3-10-8(12)7-11(4-2)17(15,16)6-5-9(13)14/h3-7H2,1-2H3,(H,10,12)(H,13,14). The van der Waals surface area contributed by atoms with E-state index in [4.69, 9.17) is 5.11 Å². The van der Waals surface area contributed by atoms with Crippen molar-refractivity contribution >= 4 is 21.9 Å². The van der Waals surface area contributed by atoms with Gasteiger partial charge in [-0.15, -0.1) is 0 Å². The molecule has 0 aromatic carbocycles. The molecule has 0 aliphatic carbocycles. The summed E-state index contributed by atoms with van der Waals surface area (Å²) in [6.45, 7) is 3.61. The number of carbonyl (C=O) groups is 2. The van der Waals surface area contributed by atoms with Crippen molar-refractivity contribution < 1.29 is 23.1 Å². The van der Waals surface area contributed by atoms with Crippen LogP contribution in [0.25, 0.3) is 0 Å². The number of hydrogen-bond donors (Lipinski definition) is 2. The number of carboxylic acids is 1. The quantitative estimate of drug-likeness (QED) is 0.601. The predicted molar refractivity (Wildman–Crippen MR) is 62.0 cm³/mol. The average molecular weight is 266 g/mol. The van der Waals surface area contributed by atoms with Crippen molar-refractivity contribution in [3.8, 4) is 0 Å². The van der Waals surface area contributed by atoms with Crippen LogP contribution in [0.2, 0.25) is 0 Å². The van der Waals surface area contributed by atoms with Gasteiger partial charge in [0, 0.05) is 13.1 Å². The lowest BCUT2D eigenvalue weighted by Crippen LogP contribution is -2.41. The van der Waals surface area contributed by atoms with Gasteiger partial charge in [-0.3, -0.25) is 9.59 Å². The number of amides is 1. The van der Waals surface area contributed by atoms with E-state index in [1.807, 2.05) is 0 Å². The molecule has 7 nitrogen and oxygen atoms in total. The van der Waals surface area contributed by atoms with Gasteiger partial charge in [-0.25, -0.2) is 8.42 Å². The highest BCUT2D eigenvalue weighted by Gasteiger charge is 2.23. The van der Waals surface area contributed by atoms with E-state index in [0.717, 1.165) is 4.31 Å². The molecule has 0 spiro atoms. The first-order valence-electron chi connectivity index (χ1n) is 5.29. The maximum absolute atomic E-state index is 11.7. The molecule has 0 aromatic heterocycles. The zero-order valence-electron chi connectivity index (χ0n) is 9.97. The predicted octanol–water partition coefficient (Wildman–Crippen LogP) is -0.751. The van der Waals surface area contributed by atoms with Gasteiger partial charge in [-0.2, -0.15) is 4.31 Å². The molecule has 0 atom stereocenters. The number of carboxylic acid groups (broad SMARTS) is 1. The minimum absolute atomic E-state index is 0.138. The molecule has 17 heavy (non-hydrogen) atoms. The Hall–Kier alpha value is -1.15. The molecule has 0 fully saturated rings. The molecule has 1 amide bonds. The van der Waals surface area contributed by atoms with Crippen LogP contribution in [0, 0.1) is 0 Å². The van der Waals surface area contributed by atoms with Crippen molar-refractivity contribution in [2.24, 2.45) is 0 Å². The molecule has 0 radical (unpaired) electrons. The van der Waals surface area contributed by atoms with E-state index in [2.05, 4.69) is 5.32 Å². The molecule has 0 saturated carbocycles. The fraction of sp³-hybridized carbons (Fsp3) is 0.778. The van der Waals surface area contributed by atoms with E-state index in [-0.39, 0.29) is 13.1 Å². The van der Waals surface area contributed by atoms with E-state index in [9.17, 15) is 18.0 Å². The van der Waals surface area contributed by atoms with Gasteiger partial charge in [0.2, 0.25) is 15.9 Å². The Labute approximate surface area is 101 Å². The first-order chi connectivity index (χ1) is 7.83. The molecule has 2 N–H and O–H groups in total. The number of sulfonamides is 1. The summed E-state index contributed by atoms with van der Waals surface area (Å²) in [5, 5.41) is 10.9. The van der Waals surface area contributed by atoms with Gasteiger partial charge in [0.05, 0.1) is 18.7 Å². The second-order valence-corrected chi connectivity index (χ2v) is 5.43. The maximum Gasteiger partial charge on any atom is 0.304 e. The van der Waals surface area contributed by atoms with Gasteiger partial charge >= 0.3 is 5.97 Å². The van der Waals surface area contributed by atoms with E-state index in [1.54, 1.807) is 13.8 Å². The summed E-state index contributed by atoms with van der Waals surface area (Å²) in [6, 6.07) is 0. The number of aliphatic carboxylic acids is 1. The molecule has 0 saturated heterocycles. The molecule has 0 rings (SSSR count). The zero-order valence-corrected chi connectivity index (χ0v) is 10.8. The molecular formula is C9H18N2O5S. The first kappa shape index (κ1) is 15.9. The highest BCUT2D eigenvalue weighted by atomic mass is 32.2. The fourth-order valence-corrected chi connectivity index (χ4v) is 2.56. The molecule has 0 aromatic rings. The second kappa shape index (κ2) is 7.23. The van der Waals surface area contributed by atoms with Crippen molar-refractivity contribution in [2.75, 3.05) is 25.4 Å². The topological polar surface area (TPSA) is 104 Å². The Morgan fingerprint density at radius 2 is 1.88 bits per heavy atom. The zero-order chi connectivity index (χ0) is 13.5. The third-order valence-electron chi connectivity index (χ3n) is 2.01. The van der Waals surface area contributed by atoms with Crippen LogP contribution in [-0.4, -0.2) is 55.1 Å². The highest BCUT2D eigenvalue weighted by Crippen LogP contribution is 2.03. The molecule has 0 aliphatic rings. The Kier molecular flexibility index (Phi) is 6.74. The first-order valence-corrected chi connectivity index (χ1v) is 6.90. The van der Waals surface area contributed by atoms with Gasteiger partial charge in [0.1, 0.15) is 0 Å². The van der Waals surface area contributed by atoms with Crippen LogP contribution in [0.5, 0.6) is 0 Å². The summed E-state index contributed by atoms with van der Waals surface area (Å²) in [6.07, 6.45) is -0.464. The summed E-state index contributed by atoms with van der Waals surface area (Å²) in [5.74, 6) is -2.06.